The van der Waals surface area contributed by atoms with Crippen molar-refractivity contribution >= 4 is 11.8 Å². The Labute approximate surface area is 146 Å². The van der Waals surface area contributed by atoms with Gasteiger partial charge in [-0.05, 0) is 37.6 Å². The number of halogens is 1. The van der Waals surface area contributed by atoms with Crippen LogP contribution in [0.2, 0.25) is 0 Å². The highest BCUT2D eigenvalue weighted by Gasteiger charge is 2.25. The summed E-state index contributed by atoms with van der Waals surface area (Å²) >= 11 is 0. The van der Waals surface area contributed by atoms with Crippen LogP contribution in [0.15, 0.2) is 42.5 Å². The molecule has 0 spiro atoms. The monoisotopic (exact) mass is 341 g/mol. The lowest BCUT2D eigenvalue weighted by Crippen LogP contribution is -2.37. The second kappa shape index (κ2) is 7.42. The molecule has 0 atom stereocenters. The van der Waals surface area contributed by atoms with Crippen LogP contribution < -0.4 is 0 Å². The molecule has 0 aliphatic carbocycles. The summed E-state index contributed by atoms with van der Waals surface area (Å²) in [6.07, 6.45) is 0.651. The summed E-state index contributed by atoms with van der Waals surface area (Å²) < 4.78 is 13.8. The van der Waals surface area contributed by atoms with Crippen LogP contribution in [-0.2, 0) is 0 Å². The van der Waals surface area contributed by atoms with Crippen molar-refractivity contribution in [1.29, 1.82) is 0 Å². The van der Waals surface area contributed by atoms with Crippen LogP contribution in [-0.4, -0.2) is 52.8 Å². The van der Waals surface area contributed by atoms with Gasteiger partial charge in [-0.15, -0.1) is 0 Å². The van der Waals surface area contributed by atoms with Crippen molar-refractivity contribution in [2.75, 3.05) is 26.2 Å². The van der Waals surface area contributed by atoms with Crippen LogP contribution in [0.3, 0.4) is 0 Å². The molecule has 1 aromatic carbocycles. The summed E-state index contributed by atoms with van der Waals surface area (Å²) in [6, 6.07) is 11.3. The third kappa shape index (κ3) is 3.84. The van der Waals surface area contributed by atoms with Gasteiger partial charge in [0, 0.05) is 31.9 Å². The Kier molecular flexibility index (Phi) is 5.07. The molecule has 130 valence electrons. The first-order valence-electron chi connectivity index (χ1n) is 8.33. The molecular formula is C19H20FN3O2. The number of aromatic nitrogens is 1. The number of pyridine rings is 1. The number of amides is 2. The zero-order chi connectivity index (χ0) is 17.8. The van der Waals surface area contributed by atoms with Crippen molar-refractivity contribution in [3.63, 3.8) is 0 Å². The maximum Gasteiger partial charge on any atom is 0.272 e. The fourth-order valence-corrected chi connectivity index (χ4v) is 2.95. The molecule has 3 rings (SSSR count). The van der Waals surface area contributed by atoms with E-state index in [9.17, 15) is 14.0 Å². The Morgan fingerprint density at radius 3 is 2.28 bits per heavy atom. The smallest absolute Gasteiger partial charge is 0.272 e. The molecule has 1 aliphatic rings. The van der Waals surface area contributed by atoms with E-state index in [-0.39, 0.29) is 17.4 Å². The molecule has 1 aromatic heterocycles. The fourth-order valence-electron chi connectivity index (χ4n) is 2.95. The van der Waals surface area contributed by atoms with E-state index in [4.69, 9.17) is 0 Å². The van der Waals surface area contributed by atoms with Crippen LogP contribution >= 0.6 is 0 Å². The van der Waals surface area contributed by atoms with Gasteiger partial charge >= 0.3 is 0 Å². The van der Waals surface area contributed by atoms with Gasteiger partial charge in [0.05, 0.1) is 5.56 Å². The lowest BCUT2D eigenvalue weighted by Gasteiger charge is -2.22. The summed E-state index contributed by atoms with van der Waals surface area (Å²) in [5.41, 5.74) is 1.27. The van der Waals surface area contributed by atoms with E-state index in [1.165, 1.54) is 12.1 Å². The summed E-state index contributed by atoms with van der Waals surface area (Å²) in [7, 11) is 0. The van der Waals surface area contributed by atoms with Gasteiger partial charge in [-0.3, -0.25) is 9.59 Å². The van der Waals surface area contributed by atoms with Crippen LogP contribution in [0.5, 0.6) is 0 Å². The van der Waals surface area contributed by atoms with E-state index in [1.54, 1.807) is 34.1 Å². The largest absolute Gasteiger partial charge is 0.337 e. The van der Waals surface area contributed by atoms with Gasteiger partial charge in [0.15, 0.2) is 0 Å². The summed E-state index contributed by atoms with van der Waals surface area (Å²) in [6.45, 7) is 3.68. The average Bonchev–Trinajstić information content (AvgIpc) is 2.87. The lowest BCUT2D eigenvalue weighted by molar-refractivity contribution is 0.0713. The van der Waals surface area contributed by atoms with Crippen LogP contribution in [0.4, 0.5) is 4.39 Å². The molecule has 2 aromatic rings. The van der Waals surface area contributed by atoms with E-state index in [2.05, 4.69) is 4.98 Å². The molecule has 1 aliphatic heterocycles. The quantitative estimate of drug-likeness (QED) is 0.843. The number of aryl methyl sites for hydroxylation is 1. The number of carbonyl (C=O) groups excluding carboxylic acids is 2. The third-order valence-corrected chi connectivity index (χ3v) is 4.28. The van der Waals surface area contributed by atoms with Gasteiger partial charge in [-0.25, -0.2) is 9.37 Å². The van der Waals surface area contributed by atoms with E-state index in [1.807, 2.05) is 13.0 Å². The SMILES string of the molecule is Cc1cccc(C(=O)N2CCCN(C(=O)c3ccccc3F)CC2)n1. The molecule has 1 saturated heterocycles. The minimum Gasteiger partial charge on any atom is -0.337 e. The first-order valence-corrected chi connectivity index (χ1v) is 8.33. The summed E-state index contributed by atoms with van der Waals surface area (Å²) in [4.78, 5) is 32.7. The Morgan fingerprint density at radius 1 is 0.920 bits per heavy atom. The molecule has 0 unspecified atom stereocenters. The second-order valence-electron chi connectivity index (χ2n) is 6.08. The van der Waals surface area contributed by atoms with Crippen molar-refractivity contribution in [2.45, 2.75) is 13.3 Å². The Hall–Kier alpha value is -2.76. The van der Waals surface area contributed by atoms with Gasteiger partial charge in [0.1, 0.15) is 11.5 Å². The Bertz CT molecular complexity index is 794. The topological polar surface area (TPSA) is 53.5 Å². The normalized spacial score (nSPS) is 15.0. The third-order valence-electron chi connectivity index (χ3n) is 4.28. The molecule has 0 radical (unpaired) electrons. The van der Waals surface area contributed by atoms with Gasteiger partial charge in [0.25, 0.3) is 11.8 Å². The highest BCUT2D eigenvalue weighted by Crippen LogP contribution is 2.14. The van der Waals surface area contributed by atoms with E-state index < -0.39 is 5.82 Å². The molecule has 2 amide bonds. The summed E-state index contributed by atoms with van der Waals surface area (Å²) in [5, 5.41) is 0. The predicted molar refractivity (Wildman–Crippen MR) is 91.8 cm³/mol. The van der Waals surface area contributed by atoms with Crippen molar-refractivity contribution < 1.29 is 14.0 Å². The van der Waals surface area contributed by atoms with Gasteiger partial charge < -0.3 is 9.80 Å². The van der Waals surface area contributed by atoms with Crippen molar-refractivity contribution in [3.05, 3.63) is 65.2 Å². The van der Waals surface area contributed by atoms with Crippen molar-refractivity contribution in [1.82, 2.24) is 14.8 Å². The number of hydrogen-bond donors (Lipinski definition) is 0. The molecule has 0 N–H and O–H groups in total. The maximum atomic E-state index is 13.8. The molecule has 0 saturated carbocycles. The van der Waals surface area contributed by atoms with Gasteiger partial charge in [-0.1, -0.05) is 18.2 Å². The Balaban J connectivity index is 1.69. The predicted octanol–water partition coefficient (Wildman–Crippen LogP) is 2.52. The molecule has 25 heavy (non-hydrogen) atoms. The van der Waals surface area contributed by atoms with Gasteiger partial charge in [0.2, 0.25) is 0 Å². The maximum absolute atomic E-state index is 13.8. The highest BCUT2D eigenvalue weighted by molar-refractivity contribution is 5.95. The first kappa shape index (κ1) is 17.1. The number of nitrogens with zero attached hydrogens (tertiary/aromatic N) is 3. The average molecular weight is 341 g/mol. The zero-order valence-electron chi connectivity index (χ0n) is 14.1. The van der Waals surface area contributed by atoms with Gasteiger partial charge in [-0.2, -0.15) is 0 Å². The molecule has 5 nitrogen and oxygen atoms in total. The molecule has 1 fully saturated rings. The number of carbonyl (C=O) groups is 2. The summed E-state index contributed by atoms with van der Waals surface area (Å²) in [5.74, 6) is -0.987. The van der Waals surface area contributed by atoms with Crippen LogP contribution in [0, 0.1) is 12.7 Å². The fraction of sp³-hybridized carbons (Fsp3) is 0.316. The molecule has 2 heterocycles. The first-order chi connectivity index (χ1) is 12.1. The molecule has 6 heteroatoms. The highest BCUT2D eigenvalue weighted by atomic mass is 19.1. The van der Waals surface area contributed by atoms with E-state index in [0.29, 0.717) is 38.3 Å². The van der Waals surface area contributed by atoms with Crippen molar-refractivity contribution in [2.24, 2.45) is 0 Å². The second-order valence-corrected chi connectivity index (χ2v) is 6.08. The van der Waals surface area contributed by atoms with Crippen molar-refractivity contribution in [3.8, 4) is 0 Å². The molecule has 0 bridgehead atoms. The zero-order valence-corrected chi connectivity index (χ0v) is 14.1. The lowest BCUT2D eigenvalue weighted by atomic mass is 10.2. The Morgan fingerprint density at radius 2 is 1.60 bits per heavy atom. The number of benzene rings is 1. The van der Waals surface area contributed by atoms with Crippen LogP contribution in [0.25, 0.3) is 0 Å². The number of hydrogen-bond acceptors (Lipinski definition) is 3. The molecular weight excluding hydrogens is 321 g/mol. The van der Waals surface area contributed by atoms with E-state index in [0.717, 1.165) is 5.69 Å². The minimum absolute atomic E-state index is 0.0719. The minimum atomic E-state index is -0.520. The number of rotatable bonds is 2. The standard InChI is InChI=1S/C19H20FN3O2/c1-14-6-4-9-17(21-14)19(25)23-11-5-10-22(12-13-23)18(24)15-7-2-3-8-16(15)20/h2-4,6-9H,5,10-13H2,1H3. The van der Waals surface area contributed by atoms with E-state index >= 15 is 0 Å². The van der Waals surface area contributed by atoms with Crippen LogP contribution in [0.1, 0.15) is 33.0 Å².